The van der Waals surface area contributed by atoms with Crippen LogP contribution in [0.25, 0.3) is 12.2 Å². The van der Waals surface area contributed by atoms with E-state index in [1.807, 2.05) is 11.1 Å². The van der Waals surface area contributed by atoms with Gasteiger partial charge in [-0.25, -0.2) is 0 Å². The number of halogens is 2. The number of benzene rings is 2. The van der Waals surface area contributed by atoms with E-state index in [1.54, 1.807) is 30.5 Å². The Morgan fingerprint density at radius 2 is 1.12 bits per heavy atom. The minimum Gasteiger partial charge on any atom is -1.00 e. The van der Waals surface area contributed by atoms with Crippen LogP contribution in [0.4, 0.5) is 0 Å². The fraction of sp³-hybridized carbons (Fsp3) is 0.448. The molecule has 1 aliphatic heterocycles. The maximum absolute atomic E-state index is 2.61. The van der Waals surface area contributed by atoms with E-state index >= 15 is 0 Å². The minimum atomic E-state index is -2.52. The standard InChI is InChI=1S/2C13H15.C3H6.2ClH.Zr/c2*1-2-3-6-11-9-12-7-4-5-8-13(12)10-11;1-3-2;;;/h2*4-5,7-10H,2-3,6H2,1H3;1-3H2;2*1H;/q;;;;;+2/p-2. The summed E-state index contributed by atoms with van der Waals surface area (Å²) in [6, 6.07) is 18.8. The molecule has 0 N–H and O–H groups in total. The Morgan fingerprint density at radius 1 is 0.688 bits per heavy atom. The van der Waals surface area contributed by atoms with Gasteiger partial charge in [-0.05, 0) is 0 Å². The van der Waals surface area contributed by atoms with E-state index in [9.17, 15) is 0 Å². The first-order valence-electron chi connectivity index (χ1n) is 12.4. The molecular weight excluding hydrogens is 510 g/mol. The molecule has 1 heterocycles. The third kappa shape index (κ3) is 4.40. The summed E-state index contributed by atoms with van der Waals surface area (Å²) >= 11 is -2.52. The van der Waals surface area contributed by atoms with E-state index in [2.05, 4.69) is 74.5 Å². The summed E-state index contributed by atoms with van der Waals surface area (Å²) in [7, 11) is 0. The zero-order valence-corrected chi connectivity index (χ0v) is 23.5. The van der Waals surface area contributed by atoms with Crippen molar-refractivity contribution in [3.63, 3.8) is 0 Å². The second-order valence-corrected chi connectivity index (χ2v) is 21.2. The van der Waals surface area contributed by atoms with Crippen molar-refractivity contribution in [2.24, 2.45) is 0 Å². The summed E-state index contributed by atoms with van der Waals surface area (Å²) in [6.45, 7) is 4.69. The topological polar surface area (TPSA) is 0 Å². The van der Waals surface area contributed by atoms with Crippen LogP contribution < -0.4 is 24.8 Å². The van der Waals surface area contributed by atoms with E-state index in [-0.39, 0.29) is 24.8 Å². The third-order valence-corrected chi connectivity index (χ3v) is 23.4. The van der Waals surface area contributed by atoms with E-state index in [0.717, 1.165) is 7.25 Å². The molecule has 0 amide bonds. The Labute approximate surface area is 212 Å². The molecule has 1 fully saturated rings. The summed E-state index contributed by atoms with van der Waals surface area (Å²) in [5.74, 6) is 0. The summed E-state index contributed by atoms with van der Waals surface area (Å²) in [6.07, 6.45) is 14.6. The number of unbranched alkanes of at least 4 members (excludes halogenated alkanes) is 2. The largest absolute Gasteiger partial charge is 1.00 e. The van der Waals surface area contributed by atoms with Crippen molar-refractivity contribution >= 4 is 12.2 Å². The molecule has 2 aliphatic carbocycles. The van der Waals surface area contributed by atoms with Gasteiger partial charge in [-0.1, -0.05) is 0 Å². The average Bonchev–Trinajstić information content (AvgIpc) is 3.29. The predicted octanol–water partition coefficient (Wildman–Crippen LogP) is 3.05. The Morgan fingerprint density at radius 3 is 1.50 bits per heavy atom. The quantitative estimate of drug-likeness (QED) is 0.478. The monoisotopic (exact) mass is 544 g/mol. The molecule has 5 rings (SSSR count). The number of allylic oxidation sites excluding steroid dienone is 2. The summed E-state index contributed by atoms with van der Waals surface area (Å²) in [5, 5.41) is 0. The summed E-state index contributed by atoms with van der Waals surface area (Å²) < 4.78 is 4.80. The van der Waals surface area contributed by atoms with Gasteiger partial charge in [0.2, 0.25) is 0 Å². The van der Waals surface area contributed by atoms with Gasteiger partial charge in [-0.3, -0.25) is 0 Å². The molecule has 3 aliphatic rings. The molecule has 32 heavy (non-hydrogen) atoms. The van der Waals surface area contributed by atoms with E-state index in [1.165, 1.54) is 44.9 Å². The fourth-order valence-corrected chi connectivity index (χ4v) is 22.3. The predicted molar refractivity (Wildman–Crippen MR) is 128 cm³/mol. The molecule has 2 atom stereocenters. The van der Waals surface area contributed by atoms with Gasteiger partial charge in [0.05, 0.1) is 0 Å². The molecule has 0 aromatic heterocycles. The van der Waals surface area contributed by atoms with Crippen LogP contribution in [0, 0.1) is 0 Å². The smallest absolute Gasteiger partial charge is 1.00 e. The van der Waals surface area contributed by atoms with Gasteiger partial charge in [0.1, 0.15) is 0 Å². The molecule has 2 aromatic rings. The fourth-order valence-electron chi connectivity index (χ4n) is 6.66. The molecule has 0 spiro atoms. The summed E-state index contributed by atoms with van der Waals surface area (Å²) in [5.41, 5.74) is 10.1. The normalized spacial score (nSPS) is 20.9. The molecule has 2 aromatic carbocycles. The number of hydrogen-bond acceptors (Lipinski definition) is 0. The Bertz CT molecular complexity index is 911. The van der Waals surface area contributed by atoms with E-state index in [4.69, 9.17) is 0 Å². The molecule has 170 valence electrons. The van der Waals surface area contributed by atoms with Gasteiger partial charge in [0.15, 0.2) is 0 Å². The van der Waals surface area contributed by atoms with Crippen molar-refractivity contribution in [2.45, 2.75) is 74.3 Å². The van der Waals surface area contributed by atoms with Gasteiger partial charge >= 0.3 is 189 Å². The first-order valence-corrected chi connectivity index (χ1v) is 18.7. The van der Waals surface area contributed by atoms with Crippen molar-refractivity contribution in [1.29, 1.82) is 0 Å². The van der Waals surface area contributed by atoms with Crippen LogP contribution >= 0.6 is 0 Å². The molecule has 0 radical (unpaired) electrons. The first kappa shape index (κ1) is 26.0. The maximum atomic E-state index is 2.61. The zero-order chi connectivity index (χ0) is 20.6. The number of rotatable bonds is 8. The van der Waals surface area contributed by atoms with Crippen LogP contribution in [0.2, 0.25) is 8.26 Å². The van der Waals surface area contributed by atoms with Crippen LogP contribution in [0.3, 0.4) is 0 Å². The van der Waals surface area contributed by atoms with Crippen molar-refractivity contribution in [3.8, 4) is 0 Å². The van der Waals surface area contributed by atoms with Crippen molar-refractivity contribution < 1.29 is 45.1 Å². The van der Waals surface area contributed by atoms with Gasteiger partial charge in [-0.15, -0.1) is 0 Å². The van der Waals surface area contributed by atoms with Crippen molar-refractivity contribution in [3.05, 3.63) is 81.9 Å². The zero-order valence-electron chi connectivity index (χ0n) is 19.5. The molecular formula is C29H36Cl2Zr. The van der Waals surface area contributed by atoms with Crippen LogP contribution in [-0.4, -0.2) is 0 Å². The van der Waals surface area contributed by atoms with Gasteiger partial charge in [-0.2, -0.15) is 0 Å². The second-order valence-electron chi connectivity index (χ2n) is 9.86. The second kappa shape index (κ2) is 11.2. The van der Waals surface area contributed by atoms with Gasteiger partial charge in [0.25, 0.3) is 0 Å². The molecule has 1 saturated heterocycles. The molecule has 2 unspecified atom stereocenters. The minimum absolute atomic E-state index is 0. The van der Waals surface area contributed by atoms with E-state index < -0.39 is 20.3 Å². The third-order valence-electron chi connectivity index (χ3n) is 8.11. The van der Waals surface area contributed by atoms with Crippen LogP contribution in [0.5, 0.6) is 0 Å². The molecule has 0 bridgehead atoms. The Kier molecular flexibility index (Phi) is 9.10. The van der Waals surface area contributed by atoms with Crippen LogP contribution in [-0.2, 0) is 20.3 Å². The molecule has 0 nitrogen and oxygen atoms in total. The maximum Gasteiger partial charge on any atom is -1.00 e. The van der Waals surface area contributed by atoms with Crippen LogP contribution in [0.1, 0.15) is 88.3 Å². The number of fused-ring (bicyclic) bond motifs is 2. The first-order chi connectivity index (χ1) is 14.8. The average molecular weight is 547 g/mol. The Balaban J connectivity index is 0.00000144. The van der Waals surface area contributed by atoms with Crippen molar-refractivity contribution in [2.75, 3.05) is 0 Å². The van der Waals surface area contributed by atoms with Gasteiger partial charge in [0, 0.05) is 0 Å². The van der Waals surface area contributed by atoms with Gasteiger partial charge < -0.3 is 24.8 Å². The summed E-state index contributed by atoms with van der Waals surface area (Å²) in [4.78, 5) is 0. The molecule has 3 heteroatoms. The number of hydrogen-bond donors (Lipinski definition) is 0. The van der Waals surface area contributed by atoms with E-state index in [0.29, 0.717) is 0 Å². The van der Waals surface area contributed by atoms with Crippen LogP contribution in [0.15, 0.2) is 59.7 Å². The van der Waals surface area contributed by atoms with Crippen molar-refractivity contribution in [1.82, 2.24) is 0 Å². The Hall–Kier alpha value is -0.617. The SMILES string of the molecule is CCCCC1=Cc2ccccc2[CH]1[Zr+2]1([CH]2C(CCCC)=Cc3ccccc32)[CH2]C[CH2]1.[Cl-].[Cl-]. The molecule has 0 saturated carbocycles.